The number of benzene rings is 2. The lowest BCUT2D eigenvalue weighted by atomic mass is 10.0. The van der Waals surface area contributed by atoms with E-state index in [0.29, 0.717) is 36.4 Å². The SMILES string of the molecule is CCC(=O)c1ccc(CNCc2ccc3c(c2)OCO3)c([N+](=O)[O-])c1. The highest BCUT2D eigenvalue weighted by molar-refractivity contribution is 5.96. The topological polar surface area (TPSA) is 90.7 Å². The fourth-order valence-electron chi connectivity index (χ4n) is 2.65. The summed E-state index contributed by atoms with van der Waals surface area (Å²) < 4.78 is 10.6. The van der Waals surface area contributed by atoms with Crippen molar-refractivity contribution in [1.29, 1.82) is 0 Å². The standard InChI is InChI=1S/C18H18N2O5/c1-2-16(21)13-4-5-14(15(8-13)20(22)23)10-19-9-12-3-6-17-18(7-12)25-11-24-17/h3-8,19H,2,9-11H2,1H3. The van der Waals surface area contributed by atoms with Gasteiger partial charge >= 0.3 is 0 Å². The summed E-state index contributed by atoms with van der Waals surface area (Å²) in [6.07, 6.45) is 0.318. The Kier molecular flexibility index (Phi) is 4.95. The van der Waals surface area contributed by atoms with Crippen LogP contribution in [-0.4, -0.2) is 17.5 Å². The average molecular weight is 342 g/mol. The molecule has 0 bridgehead atoms. The van der Waals surface area contributed by atoms with Gasteiger partial charge in [-0.15, -0.1) is 0 Å². The lowest BCUT2D eigenvalue weighted by molar-refractivity contribution is -0.385. The van der Waals surface area contributed by atoms with E-state index in [1.54, 1.807) is 19.1 Å². The van der Waals surface area contributed by atoms with E-state index in [4.69, 9.17) is 9.47 Å². The maximum absolute atomic E-state index is 11.7. The summed E-state index contributed by atoms with van der Waals surface area (Å²) in [6, 6.07) is 10.3. The molecule has 0 fully saturated rings. The first-order valence-electron chi connectivity index (χ1n) is 7.98. The fraction of sp³-hybridized carbons (Fsp3) is 0.278. The van der Waals surface area contributed by atoms with Crippen LogP contribution in [0.15, 0.2) is 36.4 Å². The minimum atomic E-state index is -0.454. The Labute approximate surface area is 144 Å². The maximum atomic E-state index is 11.7. The van der Waals surface area contributed by atoms with Crippen molar-refractivity contribution < 1.29 is 19.2 Å². The number of ketones is 1. The van der Waals surface area contributed by atoms with Crippen LogP contribution in [0.2, 0.25) is 0 Å². The second kappa shape index (κ2) is 7.31. The summed E-state index contributed by atoms with van der Waals surface area (Å²) in [5.41, 5.74) is 1.86. The van der Waals surface area contributed by atoms with E-state index in [1.807, 2.05) is 18.2 Å². The summed E-state index contributed by atoms with van der Waals surface area (Å²) in [4.78, 5) is 22.6. The lowest BCUT2D eigenvalue weighted by Gasteiger charge is -2.08. The number of nitrogens with zero attached hydrogens (tertiary/aromatic N) is 1. The zero-order valence-electron chi connectivity index (χ0n) is 13.8. The van der Waals surface area contributed by atoms with Crippen molar-refractivity contribution in [2.45, 2.75) is 26.4 Å². The number of hydrogen-bond donors (Lipinski definition) is 1. The van der Waals surface area contributed by atoms with Crippen LogP contribution >= 0.6 is 0 Å². The van der Waals surface area contributed by atoms with Gasteiger partial charge in [-0.1, -0.05) is 25.1 Å². The van der Waals surface area contributed by atoms with Gasteiger partial charge in [0.15, 0.2) is 17.3 Å². The third kappa shape index (κ3) is 3.77. The van der Waals surface area contributed by atoms with Crippen molar-refractivity contribution in [1.82, 2.24) is 5.32 Å². The Bertz CT molecular complexity index is 819. The van der Waals surface area contributed by atoms with Crippen LogP contribution in [-0.2, 0) is 13.1 Å². The maximum Gasteiger partial charge on any atom is 0.274 e. The molecule has 3 rings (SSSR count). The molecule has 0 radical (unpaired) electrons. The van der Waals surface area contributed by atoms with Crippen LogP contribution in [0.25, 0.3) is 0 Å². The predicted molar refractivity (Wildman–Crippen MR) is 90.8 cm³/mol. The van der Waals surface area contributed by atoms with Gasteiger partial charge in [-0.25, -0.2) is 0 Å². The summed E-state index contributed by atoms with van der Waals surface area (Å²) in [5, 5.41) is 14.5. The Morgan fingerprint density at radius 3 is 2.72 bits per heavy atom. The molecule has 0 saturated carbocycles. The van der Waals surface area contributed by atoms with Crippen LogP contribution < -0.4 is 14.8 Å². The van der Waals surface area contributed by atoms with E-state index < -0.39 is 4.92 Å². The summed E-state index contributed by atoms with van der Waals surface area (Å²) >= 11 is 0. The van der Waals surface area contributed by atoms with Gasteiger partial charge in [-0.2, -0.15) is 0 Å². The highest BCUT2D eigenvalue weighted by Crippen LogP contribution is 2.32. The van der Waals surface area contributed by atoms with Crippen LogP contribution in [0.1, 0.15) is 34.8 Å². The summed E-state index contributed by atoms with van der Waals surface area (Å²) in [6.45, 7) is 2.81. The summed E-state index contributed by atoms with van der Waals surface area (Å²) in [7, 11) is 0. The van der Waals surface area contributed by atoms with Crippen molar-refractivity contribution in [2.75, 3.05) is 6.79 Å². The quantitative estimate of drug-likeness (QED) is 0.472. The van der Waals surface area contributed by atoms with Gasteiger partial charge in [0.1, 0.15) is 0 Å². The van der Waals surface area contributed by atoms with E-state index in [2.05, 4.69) is 5.32 Å². The zero-order valence-corrected chi connectivity index (χ0v) is 13.8. The second-order valence-corrected chi connectivity index (χ2v) is 5.67. The van der Waals surface area contributed by atoms with Crippen LogP contribution in [0.3, 0.4) is 0 Å². The average Bonchev–Trinajstić information content (AvgIpc) is 3.09. The molecule has 0 saturated heterocycles. The minimum absolute atomic E-state index is 0.0440. The van der Waals surface area contributed by atoms with Gasteiger partial charge in [-0.05, 0) is 17.7 Å². The lowest BCUT2D eigenvalue weighted by Crippen LogP contribution is -2.14. The van der Waals surface area contributed by atoms with Crippen molar-refractivity contribution in [3.63, 3.8) is 0 Å². The molecule has 130 valence electrons. The van der Waals surface area contributed by atoms with Gasteiger partial charge in [0, 0.05) is 36.7 Å². The molecular formula is C18H18N2O5. The number of carbonyl (C=O) groups is 1. The molecule has 2 aromatic rings. The molecule has 7 nitrogen and oxygen atoms in total. The molecule has 2 aromatic carbocycles. The Balaban J connectivity index is 1.68. The zero-order chi connectivity index (χ0) is 17.8. The van der Waals surface area contributed by atoms with E-state index >= 15 is 0 Å². The number of nitro groups is 1. The molecule has 7 heteroatoms. The van der Waals surface area contributed by atoms with Gasteiger partial charge < -0.3 is 14.8 Å². The molecule has 0 spiro atoms. The molecule has 1 heterocycles. The monoisotopic (exact) mass is 342 g/mol. The van der Waals surface area contributed by atoms with E-state index in [9.17, 15) is 14.9 Å². The number of ether oxygens (including phenoxy) is 2. The molecule has 25 heavy (non-hydrogen) atoms. The largest absolute Gasteiger partial charge is 0.454 e. The Hall–Kier alpha value is -2.93. The smallest absolute Gasteiger partial charge is 0.274 e. The number of carbonyl (C=O) groups excluding carboxylic acids is 1. The molecule has 1 aliphatic heterocycles. The number of nitro benzene ring substituents is 1. The minimum Gasteiger partial charge on any atom is -0.454 e. The van der Waals surface area contributed by atoms with Crippen molar-refractivity contribution in [3.05, 3.63) is 63.2 Å². The molecule has 1 N–H and O–H groups in total. The first-order chi connectivity index (χ1) is 12.1. The first kappa shape index (κ1) is 16.9. The van der Waals surface area contributed by atoms with E-state index in [0.717, 1.165) is 11.3 Å². The Morgan fingerprint density at radius 1 is 1.16 bits per heavy atom. The number of hydrogen-bond acceptors (Lipinski definition) is 6. The molecule has 0 unspecified atom stereocenters. The number of Topliss-reactive ketones (excluding diaryl/α,β-unsaturated/α-hetero) is 1. The van der Waals surface area contributed by atoms with Gasteiger partial charge in [0.2, 0.25) is 6.79 Å². The number of rotatable bonds is 7. The highest BCUT2D eigenvalue weighted by atomic mass is 16.7. The summed E-state index contributed by atoms with van der Waals surface area (Å²) in [5.74, 6) is 1.31. The molecule has 1 aliphatic rings. The van der Waals surface area contributed by atoms with Crippen LogP contribution in [0, 0.1) is 10.1 Å². The van der Waals surface area contributed by atoms with Crippen LogP contribution in [0.5, 0.6) is 11.5 Å². The third-order valence-electron chi connectivity index (χ3n) is 4.01. The molecule has 0 amide bonds. The third-order valence-corrected chi connectivity index (χ3v) is 4.01. The molecular weight excluding hydrogens is 324 g/mol. The van der Waals surface area contributed by atoms with E-state index in [1.165, 1.54) is 6.07 Å². The Morgan fingerprint density at radius 2 is 1.96 bits per heavy atom. The van der Waals surface area contributed by atoms with Crippen molar-refractivity contribution in [3.8, 4) is 11.5 Å². The predicted octanol–water partition coefficient (Wildman–Crippen LogP) is 3.21. The van der Waals surface area contributed by atoms with Crippen molar-refractivity contribution >= 4 is 11.5 Å². The molecule has 0 aromatic heterocycles. The molecule has 0 aliphatic carbocycles. The number of fused-ring (bicyclic) bond motifs is 1. The highest BCUT2D eigenvalue weighted by Gasteiger charge is 2.17. The second-order valence-electron chi connectivity index (χ2n) is 5.67. The van der Waals surface area contributed by atoms with Gasteiger partial charge in [0.25, 0.3) is 5.69 Å². The van der Waals surface area contributed by atoms with Crippen LogP contribution in [0.4, 0.5) is 5.69 Å². The number of nitrogens with one attached hydrogen (secondary N) is 1. The van der Waals surface area contributed by atoms with Gasteiger partial charge in [0.05, 0.1) is 4.92 Å². The first-order valence-corrected chi connectivity index (χ1v) is 7.98. The van der Waals surface area contributed by atoms with E-state index in [-0.39, 0.29) is 18.3 Å². The fourth-order valence-corrected chi connectivity index (χ4v) is 2.65. The normalized spacial score (nSPS) is 12.2. The van der Waals surface area contributed by atoms with Gasteiger partial charge in [-0.3, -0.25) is 14.9 Å². The molecule has 0 atom stereocenters. The van der Waals surface area contributed by atoms with Crippen molar-refractivity contribution in [2.24, 2.45) is 0 Å².